The minimum atomic E-state index is -0.292. The molecule has 1 amide bonds. The minimum absolute atomic E-state index is 0. The highest BCUT2D eigenvalue weighted by atomic mass is 35.5. The molecular weight excluding hydrogens is 338 g/mol. The van der Waals surface area contributed by atoms with Crippen molar-refractivity contribution in [3.63, 3.8) is 0 Å². The van der Waals surface area contributed by atoms with E-state index in [0.29, 0.717) is 22.9 Å². The Hall–Kier alpha value is -0.840. The van der Waals surface area contributed by atoms with E-state index in [9.17, 15) is 9.18 Å². The molecule has 6 heteroatoms. The smallest absolute Gasteiger partial charge is 0.226 e. The molecule has 2 fully saturated rings. The molecule has 3 unspecified atom stereocenters. The monoisotopic (exact) mass is 360 g/mol. The average Bonchev–Trinajstić information content (AvgIpc) is 3.27. The van der Waals surface area contributed by atoms with Gasteiger partial charge in [0.1, 0.15) is 5.82 Å². The highest BCUT2D eigenvalue weighted by molar-refractivity contribution is 6.31. The molecule has 128 valence electrons. The van der Waals surface area contributed by atoms with Crippen LogP contribution in [0.4, 0.5) is 4.39 Å². The fraction of sp³-hybridized carbons (Fsp3) is 0.588. The maximum atomic E-state index is 14.0. The van der Waals surface area contributed by atoms with Gasteiger partial charge in [0.15, 0.2) is 0 Å². The second-order valence-corrected chi connectivity index (χ2v) is 6.84. The van der Waals surface area contributed by atoms with E-state index in [1.165, 1.54) is 6.07 Å². The molecule has 1 heterocycles. The van der Waals surface area contributed by atoms with Gasteiger partial charge in [0.05, 0.1) is 0 Å². The molecule has 1 aliphatic carbocycles. The fourth-order valence-electron chi connectivity index (χ4n) is 3.61. The molecule has 0 spiro atoms. The Labute approximate surface area is 148 Å². The minimum Gasteiger partial charge on any atom is -0.342 e. The summed E-state index contributed by atoms with van der Waals surface area (Å²) in [5.74, 6) is 0.259. The summed E-state index contributed by atoms with van der Waals surface area (Å²) in [6.45, 7) is 2.58. The van der Waals surface area contributed by atoms with Crippen molar-refractivity contribution < 1.29 is 9.18 Å². The van der Waals surface area contributed by atoms with Crippen LogP contribution in [0.25, 0.3) is 0 Å². The van der Waals surface area contributed by atoms with Gasteiger partial charge in [0.25, 0.3) is 0 Å². The summed E-state index contributed by atoms with van der Waals surface area (Å²) in [5, 5.41) is 3.62. The predicted molar refractivity (Wildman–Crippen MR) is 92.7 cm³/mol. The number of benzene rings is 1. The highest BCUT2D eigenvalue weighted by Crippen LogP contribution is 2.51. The number of amides is 1. The lowest BCUT2D eigenvalue weighted by molar-refractivity contribution is -0.134. The van der Waals surface area contributed by atoms with E-state index in [1.807, 2.05) is 11.9 Å². The van der Waals surface area contributed by atoms with Crippen LogP contribution in [-0.4, -0.2) is 37.5 Å². The Bertz CT molecular complexity index is 547. The van der Waals surface area contributed by atoms with E-state index >= 15 is 0 Å². The third-order valence-electron chi connectivity index (χ3n) is 4.80. The summed E-state index contributed by atoms with van der Waals surface area (Å²) in [6.07, 6.45) is 2.93. The zero-order valence-corrected chi connectivity index (χ0v) is 14.8. The molecule has 1 aromatic rings. The molecule has 3 atom stereocenters. The highest BCUT2D eigenvalue weighted by Gasteiger charge is 2.48. The van der Waals surface area contributed by atoms with Crippen LogP contribution < -0.4 is 5.32 Å². The van der Waals surface area contributed by atoms with Crippen molar-refractivity contribution in [1.29, 1.82) is 0 Å². The standard InChI is InChI=1S/C17H22ClFN2O.ClH/c1-20-9-11-4-3-7-21(10-11)17(22)13-8-12(13)16-14(18)5-2-6-15(16)19;/h2,5-6,11-13,20H,3-4,7-10H2,1H3;1H. The number of carbonyl (C=O) groups is 1. The first kappa shape index (κ1) is 18.5. The Balaban J connectivity index is 0.00000192. The molecule has 1 aliphatic heterocycles. The molecule has 1 saturated heterocycles. The van der Waals surface area contributed by atoms with Gasteiger partial charge >= 0.3 is 0 Å². The molecule has 2 aliphatic rings. The van der Waals surface area contributed by atoms with E-state index in [2.05, 4.69) is 5.32 Å². The lowest BCUT2D eigenvalue weighted by Gasteiger charge is -2.33. The van der Waals surface area contributed by atoms with Gasteiger partial charge in [-0.15, -0.1) is 12.4 Å². The van der Waals surface area contributed by atoms with E-state index in [-0.39, 0.29) is 36.0 Å². The number of carbonyl (C=O) groups excluding carboxylic acids is 1. The Morgan fingerprint density at radius 3 is 2.96 bits per heavy atom. The first-order chi connectivity index (χ1) is 10.6. The van der Waals surface area contributed by atoms with Gasteiger partial charge in [0, 0.05) is 35.5 Å². The molecule has 1 aromatic carbocycles. The molecule has 0 bridgehead atoms. The van der Waals surface area contributed by atoms with E-state index in [4.69, 9.17) is 11.6 Å². The lowest BCUT2D eigenvalue weighted by Crippen LogP contribution is -2.43. The van der Waals surface area contributed by atoms with Gasteiger partial charge in [-0.05, 0) is 50.9 Å². The third-order valence-corrected chi connectivity index (χ3v) is 5.13. The number of hydrogen-bond acceptors (Lipinski definition) is 2. The van der Waals surface area contributed by atoms with Gasteiger partial charge in [-0.1, -0.05) is 17.7 Å². The number of nitrogens with one attached hydrogen (secondary N) is 1. The van der Waals surface area contributed by atoms with Gasteiger partial charge in [-0.2, -0.15) is 0 Å². The Morgan fingerprint density at radius 2 is 2.26 bits per heavy atom. The molecule has 1 N–H and O–H groups in total. The molecule has 0 aromatic heterocycles. The summed E-state index contributed by atoms with van der Waals surface area (Å²) in [5.41, 5.74) is 0.520. The van der Waals surface area contributed by atoms with Crippen molar-refractivity contribution >= 4 is 29.9 Å². The number of rotatable bonds is 4. The maximum Gasteiger partial charge on any atom is 0.226 e. The normalized spacial score (nSPS) is 26.6. The molecule has 3 rings (SSSR count). The van der Waals surface area contributed by atoms with Gasteiger partial charge in [0.2, 0.25) is 5.91 Å². The summed E-state index contributed by atoms with van der Waals surface area (Å²) < 4.78 is 14.0. The first-order valence-electron chi connectivity index (χ1n) is 7.99. The number of halogens is 3. The van der Waals surface area contributed by atoms with Crippen molar-refractivity contribution in [1.82, 2.24) is 10.2 Å². The zero-order chi connectivity index (χ0) is 15.7. The number of likely N-dealkylation sites (tertiary alicyclic amines) is 1. The van der Waals surface area contributed by atoms with Gasteiger partial charge in [-0.25, -0.2) is 4.39 Å². The average molecular weight is 361 g/mol. The molecular formula is C17H23Cl2FN2O. The topological polar surface area (TPSA) is 32.3 Å². The zero-order valence-electron chi connectivity index (χ0n) is 13.2. The largest absolute Gasteiger partial charge is 0.342 e. The number of piperidine rings is 1. The summed E-state index contributed by atoms with van der Waals surface area (Å²) >= 11 is 6.11. The Kier molecular flexibility index (Phi) is 6.29. The van der Waals surface area contributed by atoms with Crippen LogP contribution in [-0.2, 0) is 4.79 Å². The fourth-order valence-corrected chi connectivity index (χ4v) is 3.91. The van der Waals surface area contributed by atoms with Gasteiger partial charge in [-0.3, -0.25) is 4.79 Å². The molecule has 3 nitrogen and oxygen atoms in total. The van der Waals surface area contributed by atoms with Gasteiger partial charge < -0.3 is 10.2 Å². The quantitative estimate of drug-likeness (QED) is 0.891. The van der Waals surface area contributed by atoms with Crippen LogP contribution in [0.3, 0.4) is 0 Å². The van der Waals surface area contributed by atoms with E-state index < -0.39 is 0 Å². The van der Waals surface area contributed by atoms with Crippen LogP contribution in [0.5, 0.6) is 0 Å². The number of nitrogens with zero attached hydrogens (tertiary/aromatic N) is 1. The van der Waals surface area contributed by atoms with Crippen molar-refractivity contribution in [2.45, 2.75) is 25.2 Å². The lowest BCUT2D eigenvalue weighted by atomic mass is 9.97. The van der Waals surface area contributed by atoms with Crippen LogP contribution >= 0.6 is 24.0 Å². The third kappa shape index (κ3) is 3.98. The van der Waals surface area contributed by atoms with Crippen molar-refractivity contribution in [3.05, 3.63) is 34.6 Å². The molecule has 23 heavy (non-hydrogen) atoms. The van der Waals surface area contributed by atoms with Crippen molar-refractivity contribution in [2.24, 2.45) is 11.8 Å². The van der Waals surface area contributed by atoms with Crippen LogP contribution in [0.2, 0.25) is 5.02 Å². The summed E-state index contributed by atoms with van der Waals surface area (Å²) in [7, 11) is 1.94. The first-order valence-corrected chi connectivity index (χ1v) is 8.37. The summed E-state index contributed by atoms with van der Waals surface area (Å²) in [6, 6.07) is 4.72. The Morgan fingerprint density at radius 1 is 1.48 bits per heavy atom. The maximum absolute atomic E-state index is 14.0. The SMILES string of the molecule is CNCC1CCCN(C(=O)C2CC2c2c(F)cccc2Cl)C1.Cl. The van der Waals surface area contributed by atoms with Crippen LogP contribution in [0.1, 0.15) is 30.7 Å². The van der Waals surface area contributed by atoms with Crippen LogP contribution in [0, 0.1) is 17.7 Å². The second kappa shape index (κ2) is 7.82. The van der Waals surface area contributed by atoms with E-state index in [0.717, 1.165) is 32.5 Å². The molecule has 1 saturated carbocycles. The summed E-state index contributed by atoms with van der Waals surface area (Å²) in [4.78, 5) is 14.6. The van der Waals surface area contributed by atoms with Crippen molar-refractivity contribution in [3.8, 4) is 0 Å². The second-order valence-electron chi connectivity index (χ2n) is 6.43. The van der Waals surface area contributed by atoms with E-state index in [1.54, 1.807) is 12.1 Å². The predicted octanol–water partition coefficient (Wildman–Crippen LogP) is 3.46. The number of hydrogen-bond donors (Lipinski definition) is 1. The van der Waals surface area contributed by atoms with Crippen molar-refractivity contribution in [2.75, 3.05) is 26.7 Å². The molecule has 0 radical (unpaired) electrons. The van der Waals surface area contributed by atoms with Crippen LogP contribution in [0.15, 0.2) is 18.2 Å².